The number of hydrogen-bond acceptors (Lipinski definition) is 3. The van der Waals surface area contributed by atoms with Crippen LogP contribution in [0.5, 0.6) is 5.75 Å². The summed E-state index contributed by atoms with van der Waals surface area (Å²) in [6.07, 6.45) is 0.384. The Hall–Kier alpha value is -2.89. The van der Waals surface area contributed by atoms with Gasteiger partial charge in [0.2, 0.25) is 11.8 Å². The van der Waals surface area contributed by atoms with Crippen molar-refractivity contribution in [3.05, 3.63) is 59.9 Å². The molecule has 126 valence electrons. The molecule has 0 aliphatic rings. The minimum atomic E-state index is -0.446. The van der Waals surface area contributed by atoms with Crippen molar-refractivity contribution in [2.75, 3.05) is 19.0 Å². The standard InChI is InChI=1S/C18H19FN2O3/c1-24-16-12-14(19)7-8-15(16)21-17(22)9-10-20-18(23)11-13-5-3-2-4-6-13/h2-8,12H,9-11H2,1H3,(H,20,23)(H,21,22). The number of amides is 2. The van der Waals surface area contributed by atoms with E-state index in [1.54, 1.807) is 0 Å². The first-order valence-corrected chi connectivity index (χ1v) is 7.52. The van der Waals surface area contributed by atoms with E-state index in [2.05, 4.69) is 10.6 Å². The number of benzene rings is 2. The topological polar surface area (TPSA) is 67.4 Å². The van der Waals surface area contributed by atoms with Gasteiger partial charge in [0.25, 0.3) is 0 Å². The normalized spacial score (nSPS) is 10.1. The zero-order chi connectivity index (χ0) is 17.4. The number of halogens is 1. The van der Waals surface area contributed by atoms with Crippen molar-refractivity contribution in [1.29, 1.82) is 0 Å². The zero-order valence-electron chi connectivity index (χ0n) is 13.3. The maximum Gasteiger partial charge on any atom is 0.226 e. The fourth-order valence-electron chi connectivity index (χ4n) is 2.14. The van der Waals surface area contributed by atoms with Crippen LogP contribution in [0.1, 0.15) is 12.0 Å². The van der Waals surface area contributed by atoms with Gasteiger partial charge in [0.1, 0.15) is 11.6 Å². The largest absolute Gasteiger partial charge is 0.494 e. The monoisotopic (exact) mass is 330 g/mol. The van der Waals surface area contributed by atoms with Gasteiger partial charge in [-0.25, -0.2) is 4.39 Å². The summed E-state index contributed by atoms with van der Waals surface area (Å²) in [5, 5.41) is 5.32. The van der Waals surface area contributed by atoms with Gasteiger partial charge < -0.3 is 15.4 Å². The Morgan fingerprint density at radius 3 is 2.54 bits per heavy atom. The summed E-state index contributed by atoms with van der Waals surface area (Å²) in [5.41, 5.74) is 1.30. The van der Waals surface area contributed by atoms with Crippen LogP contribution < -0.4 is 15.4 Å². The predicted octanol–water partition coefficient (Wildman–Crippen LogP) is 2.52. The molecule has 2 aromatic carbocycles. The van der Waals surface area contributed by atoms with Crippen LogP contribution in [0.3, 0.4) is 0 Å². The van der Waals surface area contributed by atoms with E-state index in [0.29, 0.717) is 5.69 Å². The van der Waals surface area contributed by atoms with E-state index in [9.17, 15) is 14.0 Å². The lowest BCUT2D eigenvalue weighted by Gasteiger charge is -2.10. The molecule has 0 saturated heterocycles. The van der Waals surface area contributed by atoms with Crippen molar-refractivity contribution in [3.63, 3.8) is 0 Å². The molecule has 0 fully saturated rings. The SMILES string of the molecule is COc1cc(F)ccc1NC(=O)CCNC(=O)Cc1ccccc1. The maximum atomic E-state index is 13.1. The molecule has 2 amide bonds. The highest BCUT2D eigenvalue weighted by Gasteiger charge is 2.09. The lowest BCUT2D eigenvalue weighted by atomic mass is 10.1. The van der Waals surface area contributed by atoms with Crippen LogP contribution in [0.25, 0.3) is 0 Å². The first kappa shape index (κ1) is 17.5. The molecule has 5 nitrogen and oxygen atoms in total. The highest BCUT2D eigenvalue weighted by Crippen LogP contribution is 2.24. The summed E-state index contributed by atoms with van der Waals surface area (Å²) in [7, 11) is 1.40. The number of carbonyl (C=O) groups excluding carboxylic acids is 2. The fraction of sp³-hybridized carbons (Fsp3) is 0.222. The smallest absolute Gasteiger partial charge is 0.226 e. The Bertz CT molecular complexity index is 705. The Labute approximate surface area is 139 Å². The summed E-state index contributed by atoms with van der Waals surface area (Å²) in [6.45, 7) is 0.223. The first-order chi connectivity index (χ1) is 11.6. The van der Waals surface area contributed by atoms with Crippen LogP contribution >= 0.6 is 0 Å². The highest BCUT2D eigenvalue weighted by molar-refractivity contribution is 5.92. The molecule has 2 aromatic rings. The van der Waals surface area contributed by atoms with Crippen molar-refractivity contribution < 1.29 is 18.7 Å². The van der Waals surface area contributed by atoms with Crippen molar-refractivity contribution in [2.24, 2.45) is 0 Å². The van der Waals surface area contributed by atoms with Crippen LogP contribution in [0, 0.1) is 5.82 Å². The molecule has 0 aliphatic carbocycles. The number of rotatable bonds is 7. The summed E-state index contributed by atoms with van der Waals surface area (Å²) in [4.78, 5) is 23.7. The van der Waals surface area contributed by atoms with Crippen molar-refractivity contribution in [3.8, 4) is 5.75 Å². The van der Waals surface area contributed by atoms with Gasteiger partial charge in [-0.1, -0.05) is 30.3 Å². The lowest BCUT2D eigenvalue weighted by Crippen LogP contribution is -2.28. The van der Waals surface area contributed by atoms with Gasteiger partial charge in [-0.15, -0.1) is 0 Å². The highest BCUT2D eigenvalue weighted by atomic mass is 19.1. The van der Waals surface area contributed by atoms with Gasteiger partial charge in [0.05, 0.1) is 19.2 Å². The molecule has 0 spiro atoms. The van der Waals surface area contributed by atoms with Gasteiger partial charge in [0.15, 0.2) is 0 Å². The predicted molar refractivity (Wildman–Crippen MR) is 89.4 cm³/mol. The summed E-state index contributed by atoms with van der Waals surface area (Å²) < 4.78 is 18.1. The van der Waals surface area contributed by atoms with Crippen LogP contribution in [0.15, 0.2) is 48.5 Å². The number of carbonyl (C=O) groups is 2. The number of methoxy groups -OCH3 is 1. The summed E-state index contributed by atoms with van der Waals surface area (Å²) in [5.74, 6) is -0.636. The Morgan fingerprint density at radius 1 is 1.08 bits per heavy atom. The molecule has 0 saturated carbocycles. The molecule has 24 heavy (non-hydrogen) atoms. The van der Waals surface area contributed by atoms with E-state index in [1.165, 1.54) is 25.3 Å². The van der Waals surface area contributed by atoms with Crippen LogP contribution in [0.4, 0.5) is 10.1 Å². The Kier molecular flexibility index (Phi) is 6.31. The van der Waals surface area contributed by atoms with Gasteiger partial charge in [-0.2, -0.15) is 0 Å². The van der Waals surface area contributed by atoms with E-state index >= 15 is 0 Å². The number of ether oxygens (including phenoxy) is 1. The van der Waals surface area contributed by atoms with Gasteiger partial charge in [-0.3, -0.25) is 9.59 Å². The van der Waals surface area contributed by atoms with E-state index in [0.717, 1.165) is 5.56 Å². The molecular weight excluding hydrogens is 311 g/mol. The van der Waals surface area contributed by atoms with Crippen molar-refractivity contribution >= 4 is 17.5 Å². The quantitative estimate of drug-likeness (QED) is 0.820. The second-order valence-corrected chi connectivity index (χ2v) is 5.16. The molecule has 0 heterocycles. The molecular formula is C18H19FN2O3. The molecule has 2 N–H and O–H groups in total. The van der Waals surface area contributed by atoms with Crippen molar-refractivity contribution in [1.82, 2.24) is 5.32 Å². The van der Waals surface area contributed by atoms with Crippen LogP contribution in [-0.4, -0.2) is 25.5 Å². The number of hydrogen-bond donors (Lipinski definition) is 2. The molecule has 6 heteroatoms. The summed E-state index contributed by atoms with van der Waals surface area (Å²) >= 11 is 0. The minimum absolute atomic E-state index is 0.112. The van der Waals surface area contributed by atoms with E-state index in [1.807, 2.05) is 30.3 Å². The second-order valence-electron chi connectivity index (χ2n) is 5.16. The average molecular weight is 330 g/mol. The van der Waals surface area contributed by atoms with E-state index < -0.39 is 5.82 Å². The molecule has 0 unspecified atom stereocenters. The molecule has 0 aromatic heterocycles. The molecule has 0 aliphatic heterocycles. The molecule has 0 atom stereocenters. The fourth-order valence-corrected chi connectivity index (χ4v) is 2.14. The third-order valence-electron chi connectivity index (χ3n) is 3.32. The Morgan fingerprint density at radius 2 is 1.83 bits per heavy atom. The van der Waals surface area contributed by atoms with Gasteiger partial charge in [-0.05, 0) is 17.7 Å². The van der Waals surface area contributed by atoms with Crippen LogP contribution in [0.2, 0.25) is 0 Å². The first-order valence-electron chi connectivity index (χ1n) is 7.52. The van der Waals surface area contributed by atoms with E-state index in [-0.39, 0.29) is 37.0 Å². The summed E-state index contributed by atoms with van der Waals surface area (Å²) in [6, 6.07) is 13.2. The Balaban J connectivity index is 1.76. The van der Waals surface area contributed by atoms with E-state index in [4.69, 9.17) is 4.74 Å². The van der Waals surface area contributed by atoms with Gasteiger partial charge in [0, 0.05) is 19.0 Å². The number of anilines is 1. The molecule has 0 radical (unpaired) electrons. The van der Waals surface area contributed by atoms with Crippen LogP contribution in [-0.2, 0) is 16.0 Å². The maximum absolute atomic E-state index is 13.1. The lowest BCUT2D eigenvalue weighted by molar-refractivity contribution is -0.120. The second kappa shape index (κ2) is 8.67. The van der Waals surface area contributed by atoms with Gasteiger partial charge >= 0.3 is 0 Å². The molecule has 0 bridgehead atoms. The third kappa shape index (κ3) is 5.39. The number of nitrogens with one attached hydrogen (secondary N) is 2. The zero-order valence-corrected chi connectivity index (χ0v) is 13.3. The van der Waals surface area contributed by atoms with Crippen molar-refractivity contribution in [2.45, 2.75) is 12.8 Å². The molecule has 2 rings (SSSR count). The third-order valence-corrected chi connectivity index (χ3v) is 3.32. The average Bonchev–Trinajstić information content (AvgIpc) is 2.57. The minimum Gasteiger partial charge on any atom is -0.494 e.